The van der Waals surface area contributed by atoms with E-state index in [9.17, 15) is 0 Å². The molecule has 13 heavy (non-hydrogen) atoms. The summed E-state index contributed by atoms with van der Waals surface area (Å²) >= 11 is 4.23. The maximum absolute atomic E-state index is 3.94. The second-order valence-electron chi connectivity index (χ2n) is 3.90. The molecule has 0 aliphatic rings. The molecule has 0 fully saturated rings. The third-order valence-corrected chi connectivity index (χ3v) is 3.99. The minimum absolute atomic E-state index is 0.173. The molecule has 0 atom stereocenters. The molecule has 0 spiro atoms. The number of rotatable bonds is 2. The van der Waals surface area contributed by atoms with Crippen molar-refractivity contribution < 1.29 is 17.0 Å². The zero-order chi connectivity index (χ0) is 10.1. The molecular formula is C9H13N2SV-. The van der Waals surface area contributed by atoms with Gasteiger partial charge in [0.25, 0.3) is 0 Å². The normalized spacial score (nSPS) is 11.3. The van der Waals surface area contributed by atoms with Crippen molar-refractivity contribution in [3.8, 4) is 0 Å². The summed E-state index contributed by atoms with van der Waals surface area (Å²) in [6.45, 7) is 6.58. The summed E-state index contributed by atoms with van der Waals surface area (Å²) < 4.78 is 1.26. The Balaban J connectivity index is 2.81. The van der Waals surface area contributed by atoms with Crippen molar-refractivity contribution in [3.05, 3.63) is 11.7 Å². The summed E-state index contributed by atoms with van der Waals surface area (Å²) in [6, 6.07) is 0. The second-order valence-corrected chi connectivity index (χ2v) is 5.40. The van der Waals surface area contributed by atoms with E-state index in [0.717, 1.165) is 5.00 Å². The molecule has 1 heterocycles. The van der Waals surface area contributed by atoms with Gasteiger partial charge in [0.15, 0.2) is 0 Å². The molecule has 0 unspecified atom stereocenters. The fraction of sp³-hybridized carbons (Fsp3) is 0.556. The Bertz CT molecular complexity index is 287. The van der Waals surface area contributed by atoms with Crippen LogP contribution in [-0.4, -0.2) is 16.4 Å². The van der Waals surface area contributed by atoms with E-state index in [1.807, 2.05) is 7.05 Å². The van der Waals surface area contributed by atoms with Crippen LogP contribution < -0.4 is 4.90 Å². The summed E-state index contributed by atoms with van der Waals surface area (Å²) in [5.74, 6) is 0. The molecule has 0 N–H and O–H groups in total. The van der Waals surface area contributed by atoms with Gasteiger partial charge < -0.3 is 0 Å². The van der Waals surface area contributed by atoms with Crippen molar-refractivity contribution in [1.82, 2.24) is 4.98 Å². The Labute approximate surface area is 92.5 Å². The van der Waals surface area contributed by atoms with E-state index in [2.05, 4.69) is 53.8 Å². The van der Waals surface area contributed by atoms with E-state index in [4.69, 9.17) is 0 Å². The van der Waals surface area contributed by atoms with E-state index in [1.165, 1.54) is 4.35 Å². The molecule has 0 aliphatic heterocycles. The van der Waals surface area contributed by atoms with Crippen molar-refractivity contribution >= 4 is 20.7 Å². The van der Waals surface area contributed by atoms with Crippen LogP contribution in [0.25, 0.3) is 0 Å². The zero-order valence-electron chi connectivity index (χ0n) is 8.33. The van der Waals surface area contributed by atoms with Crippen LogP contribution in [0.2, 0.25) is 0 Å². The molecule has 0 radical (unpaired) electrons. The van der Waals surface area contributed by atoms with Crippen LogP contribution >= 0.6 is 11.3 Å². The first-order chi connectivity index (χ1) is 5.93. The summed E-state index contributed by atoms with van der Waals surface area (Å²) in [5, 5.41) is 1.06. The number of aromatic nitrogens is 1. The Morgan fingerprint density at radius 1 is 1.62 bits per heavy atom. The van der Waals surface area contributed by atoms with E-state index in [1.54, 1.807) is 16.8 Å². The molecule has 0 bridgehead atoms. The minimum atomic E-state index is 0.173. The van der Waals surface area contributed by atoms with Crippen molar-refractivity contribution in [2.45, 2.75) is 20.8 Å². The van der Waals surface area contributed by atoms with Gasteiger partial charge in [-0.3, -0.25) is 0 Å². The van der Waals surface area contributed by atoms with Crippen LogP contribution in [0.3, 0.4) is 0 Å². The van der Waals surface area contributed by atoms with E-state index in [-0.39, 0.29) is 5.41 Å². The Morgan fingerprint density at radius 2 is 2.23 bits per heavy atom. The fourth-order valence-corrected chi connectivity index (χ4v) is 1.76. The molecule has 0 amide bonds. The molecule has 2 nitrogen and oxygen atoms in total. The average Bonchev–Trinajstić information content (AvgIpc) is 2.51. The predicted octanol–water partition coefficient (Wildman–Crippen LogP) is 2.10. The van der Waals surface area contributed by atoms with Crippen molar-refractivity contribution in [2.24, 2.45) is 5.41 Å². The quantitative estimate of drug-likeness (QED) is 0.726. The van der Waals surface area contributed by atoms with Crippen molar-refractivity contribution in [2.75, 3.05) is 11.9 Å². The average molecular weight is 232 g/mol. The van der Waals surface area contributed by atoms with E-state index < -0.39 is 0 Å². The fourth-order valence-electron chi connectivity index (χ4n) is 0.938. The number of nitrogens with zero attached hydrogens (tertiary/aromatic N) is 2. The summed E-state index contributed by atoms with van der Waals surface area (Å²) in [5.41, 5.74) is 1.97. The van der Waals surface area contributed by atoms with Gasteiger partial charge in [0.2, 0.25) is 0 Å². The second kappa shape index (κ2) is 3.95. The van der Waals surface area contributed by atoms with Gasteiger partial charge in [-0.05, 0) is 0 Å². The van der Waals surface area contributed by atoms with E-state index >= 15 is 0 Å². The molecule has 4 heteroatoms. The predicted molar refractivity (Wildman–Crippen MR) is 53.8 cm³/mol. The number of anilines is 1. The van der Waals surface area contributed by atoms with Crippen LogP contribution in [0.1, 0.15) is 20.8 Å². The molecule has 0 aromatic carbocycles. The van der Waals surface area contributed by atoms with Gasteiger partial charge in [0.1, 0.15) is 0 Å². The Hall–Kier alpha value is -0.116. The molecule has 1 aromatic rings. The van der Waals surface area contributed by atoms with Gasteiger partial charge in [-0.25, -0.2) is 0 Å². The first-order valence-electron chi connectivity index (χ1n) is 4.04. The van der Waals surface area contributed by atoms with Crippen LogP contribution in [0.5, 0.6) is 0 Å². The molecular weight excluding hydrogens is 219 g/mol. The summed E-state index contributed by atoms with van der Waals surface area (Å²) in [7, 11) is 2.04. The van der Waals surface area contributed by atoms with Crippen LogP contribution in [0.15, 0.2) is 5.51 Å². The molecule has 0 saturated carbocycles. The SMILES string of the molecule is CN([C](=[V])C(C)(C)C)c1[c-]ncs1. The van der Waals surface area contributed by atoms with Crippen molar-refractivity contribution in [3.63, 3.8) is 0 Å². The van der Waals surface area contributed by atoms with Gasteiger partial charge >= 0.3 is 92.5 Å². The number of hydrogen-bond acceptors (Lipinski definition) is 3. The maximum atomic E-state index is 3.94. The molecule has 1 rings (SSSR count). The Kier molecular flexibility index (Phi) is 3.33. The molecule has 0 saturated heterocycles. The molecule has 1 aromatic heterocycles. The van der Waals surface area contributed by atoms with Gasteiger partial charge in [-0.2, -0.15) is 0 Å². The number of thiazole rings is 1. The topological polar surface area (TPSA) is 16.1 Å². The van der Waals surface area contributed by atoms with Gasteiger partial charge in [-0.1, -0.05) is 0 Å². The first-order valence-corrected chi connectivity index (χ1v) is 5.62. The van der Waals surface area contributed by atoms with Gasteiger partial charge in [-0.15, -0.1) is 0 Å². The van der Waals surface area contributed by atoms with Crippen molar-refractivity contribution in [1.29, 1.82) is 0 Å². The van der Waals surface area contributed by atoms with Crippen LogP contribution in [0.4, 0.5) is 5.00 Å². The number of hydrogen-bond donors (Lipinski definition) is 0. The summed E-state index contributed by atoms with van der Waals surface area (Å²) in [6.07, 6.45) is 2.95. The monoisotopic (exact) mass is 232 g/mol. The Morgan fingerprint density at radius 3 is 2.62 bits per heavy atom. The molecule has 71 valence electrons. The van der Waals surface area contributed by atoms with E-state index in [0.29, 0.717) is 0 Å². The van der Waals surface area contributed by atoms with Gasteiger partial charge in [0.05, 0.1) is 0 Å². The standard InChI is InChI=1S/C9H13N2S.V/c1-9(2,3)6-11(4)8-5-10-7-12-8;/h7H,1-4H3;/q-1;. The summed E-state index contributed by atoms with van der Waals surface area (Å²) in [4.78, 5) is 6.06. The third kappa shape index (κ3) is 2.66. The zero-order valence-corrected chi connectivity index (χ0v) is 10.5. The first kappa shape index (κ1) is 11.0. The molecule has 0 aliphatic carbocycles. The van der Waals surface area contributed by atoms with Gasteiger partial charge in [0, 0.05) is 0 Å². The van der Waals surface area contributed by atoms with Crippen LogP contribution in [0, 0.1) is 11.6 Å². The van der Waals surface area contributed by atoms with Crippen LogP contribution in [-0.2, 0) is 17.0 Å². The third-order valence-electron chi connectivity index (χ3n) is 1.67.